The maximum atomic E-state index is 11.2. The Labute approximate surface area is 109 Å². The summed E-state index contributed by atoms with van der Waals surface area (Å²) >= 11 is 5.96. The van der Waals surface area contributed by atoms with Crippen LogP contribution in [0.1, 0.15) is 15.9 Å². The Balaban J connectivity index is 2.53. The molecular weight excluding hydrogens is 256 g/mol. The average Bonchev–Trinajstić information content (AvgIpc) is 2.38. The van der Waals surface area contributed by atoms with Crippen molar-refractivity contribution < 1.29 is 14.6 Å². The number of carboxylic acid groups (broad SMARTS) is 1. The van der Waals surface area contributed by atoms with E-state index >= 15 is 0 Å². The normalized spacial score (nSPS) is 18.4. The number of halogens is 1. The molecule has 1 aliphatic rings. The quantitative estimate of drug-likeness (QED) is 0.645. The number of nitrogens with one attached hydrogen (secondary N) is 1. The number of carboxylic acids is 1. The van der Waals surface area contributed by atoms with Gasteiger partial charge in [0, 0.05) is 29.7 Å². The van der Waals surface area contributed by atoms with Crippen LogP contribution in [0.25, 0.3) is 5.57 Å². The first-order valence-corrected chi connectivity index (χ1v) is 5.61. The van der Waals surface area contributed by atoms with Crippen molar-refractivity contribution in [1.29, 1.82) is 0 Å². The smallest absolute Gasteiger partial charge is 0.336 e. The second-order valence-electron chi connectivity index (χ2n) is 3.59. The lowest BCUT2D eigenvalue weighted by molar-refractivity contribution is 0.0696. The van der Waals surface area contributed by atoms with E-state index in [4.69, 9.17) is 21.4 Å². The first-order chi connectivity index (χ1) is 8.63. The van der Waals surface area contributed by atoms with Crippen molar-refractivity contribution in [2.45, 2.75) is 5.50 Å². The van der Waals surface area contributed by atoms with Crippen LogP contribution in [0.3, 0.4) is 0 Å². The van der Waals surface area contributed by atoms with E-state index in [9.17, 15) is 4.79 Å². The van der Waals surface area contributed by atoms with Crippen LogP contribution in [0.4, 0.5) is 0 Å². The highest BCUT2D eigenvalue weighted by Gasteiger charge is 2.20. The highest BCUT2D eigenvalue weighted by molar-refractivity contribution is 6.22. The number of hydrogen-bond acceptors (Lipinski definition) is 4. The van der Waals surface area contributed by atoms with Crippen molar-refractivity contribution in [2.24, 2.45) is 0 Å². The molecule has 6 heteroatoms. The standard InChI is InChI=1S/C12H11ClN2O3/c1-18-10-6-15-11(13)4-8(10)9-5-14-3-2-7(9)12(16)17/h2-6,11,15H,1H3,(H,16,17). The summed E-state index contributed by atoms with van der Waals surface area (Å²) in [6, 6.07) is 1.44. The van der Waals surface area contributed by atoms with Gasteiger partial charge in [0.2, 0.25) is 0 Å². The summed E-state index contributed by atoms with van der Waals surface area (Å²) in [7, 11) is 1.51. The number of methoxy groups -OCH3 is 1. The van der Waals surface area contributed by atoms with Crippen molar-refractivity contribution in [3.05, 3.63) is 47.6 Å². The minimum atomic E-state index is -1.02. The summed E-state index contributed by atoms with van der Waals surface area (Å²) in [6.45, 7) is 0. The Morgan fingerprint density at radius 1 is 1.61 bits per heavy atom. The second kappa shape index (κ2) is 5.10. The molecule has 0 amide bonds. The number of ether oxygens (including phenoxy) is 1. The van der Waals surface area contributed by atoms with E-state index in [0.717, 1.165) is 0 Å². The summed E-state index contributed by atoms with van der Waals surface area (Å²) in [5, 5.41) is 12.0. The summed E-state index contributed by atoms with van der Waals surface area (Å²) in [6.07, 6.45) is 6.20. The molecule has 0 aromatic carbocycles. The lowest BCUT2D eigenvalue weighted by Gasteiger charge is -2.20. The Hall–Kier alpha value is -2.01. The van der Waals surface area contributed by atoms with Crippen molar-refractivity contribution in [3.8, 4) is 0 Å². The second-order valence-corrected chi connectivity index (χ2v) is 4.06. The van der Waals surface area contributed by atoms with Crippen LogP contribution in [-0.2, 0) is 4.74 Å². The van der Waals surface area contributed by atoms with Crippen LogP contribution in [0.2, 0.25) is 0 Å². The summed E-state index contributed by atoms with van der Waals surface area (Å²) < 4.78 is 5.19. The highest BCUT2D eigenvalue weighted by Crippen LogP contribution is 2.29. The van der Waals surface area contributed by atoms with Crippen LogP contribution < -0.4 is 5.32 Å². The monoisotopic (exact) mass is 266 g/mol. The Bertz CT molecular complexity index is 540. The first kappa shape index (κ1) is 12.4. The number of nitrogens with zero attached hydrogens (tertiary/aromatic N) is 1. The SMILES string of the molecule is COC1=CNC(Cl)C=C1c1cnccc1C(=O)O. The molecule has 0 fully saturated rings. The predicted octanol–water partition coefficient (Wildman–Crippen LogP) is 1.82. The van der Waals surface area contributed by atoms with E-state index < -0.39 is 11.5 Å². The van der Waals surface area contributed by atoms with Gasteiger partial charge in [-0.3, -0.25) is 4.98 Å². The van der Waals surface area contributed by atoms with Gasteiger partial charge in [-0.2, -0.15) is 0 Å². The number of aromatic nitrogens is 1. The van der Waals surface area contributed by atoms with Gasteiger partial charge < -0.3 is 15.2 Å². The molecule has 1 aromatic heterocycles. The number of pyridine rings is 1. The van der Waals surface area contributed by atoms with E-state index in [1.165, 1.54) is 25.6 Å². The van der Waals surface area contributed by atoms with Crippen molar-refractivity contribution in [2.75, 3.05) is 7.11 Å². The number of rotatable bonds is 3. The third kappa shape index (κ3) is 2.31. The summed E-state index contributed by atoms with van der Waals surface area (Å²) in [4.78, 5) is 15.1. The maximum absolute atomic E-state index is 11.2. The molecule has 2 rings (SSSR count). The van der Waals surface area contributed by atoms with Gasteiger partial charge in [-0.25, -0.2) is 4.79 Å². The molecule has 0 aliphatic carbocycles. The lowest BCUT2D eigenvalue weighted by atomic mass is 9.99. The van der Waals surface area contributed by atoms with Crippen molar-refractivity contribution in [1.82, 2.24) is 10.3 Å². The van der Waals surface area contributed by atoms with Gasteiger partial charge >= 0.3 is 5.97 Å². The van der Waals surface area contributed by atoms with Crippen LogP contribution in [-0.4, -0.2) is 28.7 Å². The number of dihydropyridines is 1. The number of allylic oxidation sites excluding steroid dienone is 1. The molecule has 0 spiro atoms. The van der Waals surface area contributed by atoms with E-state index in [0.29, 0.717) is 16.9 Å². The van der Waals surface area contributed by atoms with Gasteiger partial charge in [-0.1, -0.05) is 11.6 Å². The Morgan fingerprint density at radius 3 is 3.06 bits per heavy atom. The minimum Gasteiger partial charge on any atom is -0.495 e. The van der Waals surface area contributed by atoms with Crippen molar-refractivity contribution in [3.63, 3.8) is 0 Å². The van der Waals surface area contributed by atoms with Crippen LogP contribution in [0.15, 0.2) is 36.5 Å². The zero-order valence-electron chi connectivity index (χ0n) is 9.55. The summed E-state index contributed by atoms with van der Waals surface area (Å²) in [5.41, 5.74) is 0.831. The number of hydrogen-bond donors (Lipinski definition) is 2. The molecule has 94 valence electrons. The zero-order chi connectivity index (χ0) is 13.1. The molecular formula is C12H11ClN2O3. The minimum absolute atomic E-state index is 0.157. The largest absolute Gasteiger partial charge is 0.495 e. The van der Waals surface area contributed by atoms with Gasteiger partial charge in [-0.05, 0) is 12.1 Å². The lowest BCUT2D eigenvalue weighted by Crippen LogP contribution is -2.21. The predicted molar refractivity (Wildman–Crippen MR) is 67.0 cm³/mol. The van der Waals surface area contributed by atoms with E-state index in [2.05, 4.69) is 10.3 Å². The van der Waals surface area contributed by atoms with Gasteiger partial charge in [-0.15, -0.1) is 0 Å². The third-order valence-corrected chi connectivity index (χ3v) is 2.77. The molecule has 0 saturated heterocycles. The van der Waals surface area contributed by atoms with E-state index in [-0.39, 0.29) is 5.56 Å². The molecule has 0 radical (unpaired) electrons. The fourth-order valence-electron chi connectivity index (χ4n) is 1.70. The third-order valence-electron chi connectivity index (χ3n) is 2.51. The van der Waals surface area contributed by atoms with Crippen LogP contribution >= 0.6 is 11.6 Å². The fourth-order valence-corrected chi connectivity index (χ4v) is 1.89. The molecule has 1 aromatic rings. The molecule has 18 heavy (non-hydrogen) atoms. The molecule has 2 N–H and O–H groups in total. The van der Waals surface area contributed by atoms with Gasteiger partial charge in [0.15, 0.2) is 0 Å². The van der Waals surface area contributed by atoms with Crippen LogP contribution in [0.5, 0.6) is 0 Å². The Morgan fingerprint density at radius 2 is 2.39 bits per heavy atom. The van der Waals surface area contributed by atoms with Gasteiger partial charge in [0.25, 0.3) is 0 Å². The maximum Gasteiger partial charge on any atom is 0.336 e. The highest BCUT2D eigenvalue weighted by atomic mass is 35.5. The van der Waals surface area contributed by atoms with E-state index in [1.807, 2.05) is 0 Å². The molecule has 0 saturated carbocycles. The number of aromatic carboxylic acids is 1. The zero-order valence-corrected chi connectivity index (χ0v) is 10.3. The van der Waals surface area contributed by atoms with Crippen molar-refractivity contribution >= 4 is 23.1 Å². The summed E-state index contributed by atoms with van der Waals surface area (Å²) in [5.74, 6) is -0.504. The number of alkyl halides is 1. The molecule has 1 atom stereocenters. The number of carbonyl (C=O) groups is 1. The molecule has 1 unspecified atom stereocenters. The van der Waals surface area contributed by atoms with Gasteiger partial charge in [0.05, 0.1) is 12.7 Å². The van der Waals surface area contributed by atoms with E-state index in [1.54, 1.807) is 12.3 Å². The van der Waals surface area contributed by atoms with Crippen LogP contribution in [0, 0.1) is 0 Å². The first-order valence-electron chi connectivity index (χ1n) is 5.17. The van der Waals surface area contributed by atoms with Gasteiger partial charge in [0.1, 0.15) is 11.3 Å². The molecule has 0 bridgehead atoms. The Kier molecular flexibility index (Phi) is 3.53. The molecule has 1 aliphatic heterocycles. The molecule has 2 heterocycles. The molecule has 5 nitrogen and oxygen atoms in total. The topological polar surface area (TPSA) is 71.5 Å². The average molecular weight is 267 g/mol. The fraction of sp³-hybridized carbons (Fsp3) is 0.167.